The van der Waals surface area contributed by atoms with Crippen molar-refractivity contribution in [2.75, 3.05) is 6.26 Å². The van der Waals surface area contributed by atoms with E-state index in [9.17, 15) is 0 Å². The Bertz CT molecular complexity index is 351. The summed E-state index contributed by atoms with van der Waals surface area (Å²) in [5, 5.41) is 7.90. The molecule has 3 nitrogen and oxygen atoms in total. The molecule has 0 saturated heterocycles. The molecule has 0 aromatic carbocycles. The van der Waals surface area contributed by atoms with Gasteiger partial charge < -0.3 is 0 Å². The Kier molecular flexibility index (Phi) is 5.49. The van der Waals surface area contributed by atoms with Gasteiger partial charge in [0.15, 0.2) is 0 Å². The topological polar surface area (TPSA) is 37.6 Å². The molecular formula is C8H8IN3S2. The first kappa shape index (κ1) is 12.0. The number of hydrogen-bond acceptors (Lipinski definition) is 4. The molecule has 0 N–H and O–H groups in total. The molecular weight excluding hydrogens is 329 g/mol. The molecule has 6 heteroatoms. The van der Waals surface area contributed by atoms with Crippen LogP contribution in [0.3, 0.4) is 0 Å². The summed E-state index contributed by atoms with van der Waals surface area (Å²) in [4.78, 5) is 4.14. The third-order valence-electron chi connectivity index (χ3n) is 1.28. The fourth-order valence-electron chi connectivity index (χ4n) is 0.664. The first-order valence-electron chi connectivity index (χ1n) is 3.69. The second kappa shape index (κ2) is 6.41. The van der Waals surface area contributed by atoms with Crippen LogP contribution in [-0.4, -0.2) is 19.3 Å². The second-order valence-electron chi connectivity index (χ2n) is 2.19. The van der Waals surface area contributed by atoms with Crippen molar-refractivity contribution in [1.82, 2.24) is 4.98 Å². The molecule has 1 aromatic rings. The van der Waals surface area contributed by atoms with Gasteiger partial charge in [0.1, 0.15) is 8.09 Å². The molecule has 0 amide bonds. The Morgan fingerprint density at radius 2 is 2.29 bits per heavy atom. The summed E-state index contributed by atoms with van der Waals surface area (Å²) in [7, 11) is 0. The summed E-state index contributed by atoms with van der Waals surface area (Å²) in [6.07, 6.45) is 3.62. The molecule has 74 valence electrons. The molecule has 1 rings (SSSR count). The lowest BCUT2D eigenvalue weighted by atomic mass is 10.4. The van der Waals surface area contributed by atoms with E-state index in [1.165, 1.54) is 11.8 Å². The molecule has 0 atom stereocenters. The lowest BCUT2D eigenvalue weighted by Crippen LogP contribution is -1.92. The smallest absolute Gasteiger partial charge is 0.149 e. The Morgan fingerprint density at radius 3 is 2.86 bits per heavy atom. The van der Waals surface area contributed by atoms with Crippen LogP contribution in [0, 0.1) is 0 Å². The summed E-state index contributed by atoms with van der Waals surface area (Å²) in [5.41, 5.74) is 0.819. The van der Waals surface area contributed by atoms with Crippen LogP contribution in [0.1, 0.15) is 5.69 Å². The highest BCUT2D eigenvalue weighted by Gasteiger charge is 1.98. The molecule has 0 unspecified atom stereocenters. The standard InChI is InChI=1S/C8H8IN3S2/c1-14-8(13)12-11-7(9)6-4-2-3-5-10-6/h2-5H,1H3,(H,12,13)/b11-7-. The predicted octanol–water partition coefficient (Wildman–Crippen LogP) is 2.83. The molecule has 0 saturated carbocycles. The number of rotatable bonds is 2. The van der Waals surface area contributed by atoms with Gasteiger partial charge in [-0.2, -0.15) is 0 Å². The third-order valence-corrected chi connectivity index (χ3v) is 3.13. The maximum Gasteiger partial charge on any atom is 0.149 e. The zero-order valence-electron chi connectivity index (χ0n) is 7.38. The van der Waals surface area contributed by atoms with Crippen molar-refractivity contribution in [1.29, 1.82) is 0 Å². The Labute approximate surface area is 106 Å². The Morgan fingerprint density at radius 1 is 1.50 bits per heavy atom. The van der Waals surface area contributed by atoms with Crippen molar-refractivity contribution in [2.45, 2.75) is 0 Å². The highest BCUT2D eigenvalue weighted by atomic mass is 127. The van der Waals surface area contributed by atoms with Gasteiger partial charge >= 0.3 is 0 Å². The zero-order valence-corrected chi connectivity index (χ0v) is 11.3. The number of thioether (sulfide) groups is 1. The van der Waals surface area contributed by atoms with E-state index in [1.807, 2.05) is 24.5 Å². The van der Waals surface area contributed by atoms with Crippen molar-refractivity contribution in [3.63, 3.8) is 0 Å². The maximum atomic E-state index is 4.14. The van der Waals surface area contributed by atoms with E-state index in [2.05, 4.69) is 50.4 Å². The van der Waals surface area contributed by atoms with Crippen molar-refractivity contribution in [3.05, 3.63) is 30.1 Å². The van der Waals surface area contributed by atoms with Gasteiger partial charge in [-0.05, 0) is 41.0 Å². The van der Waals surface area contributed by atoms with Gasteiger partial charge in [0, 0.05) is 6.20 Å². The number of thiol groups is 1. The molecule has 0 aliphatic carbocycles. The largest absolute Gasteiger partial charge is 0.254 e. The molecule has 0 bridgehead atoms. The second-order valence-corrected chi connectivity index (χ2v) is 4.74. The minimum absolute atomic E-state index is 0.634. The molecule has 0 aliphatic rings. The van der Waals surface area contributed by atoms with Crippen LogP contribution in [0.15, 0.2) is 34.6 Å². The Balaban J connectivity index is 2.81. The highest BCUT2D eigenvalue weighted by molar-refractivity contribution is 14.1. The van der Waals surface area contributed by atoms with Gasteiger partial charge in [-0.25, -0.2) is 0 Å². The van der Waals surface area contributed by atoms with E-state index in [4.69, 9.17) is 0 Å². The van der Waals surface area contributed by atoms with Crippen molar-refractivity contribution >= 4 is 55.1 Å². The van der Waals surface area contributed by atoms with Crippen molar-refractivity contribution in [3.8, 4) is 0 Å². The van der Waals surface area contributed by atoms with Crippen LogP contribution in [0.5, 0.6) is 0 Å². The average molecular weight is 337 g/mol. The van der Waals surface area contributed by atoms with Gasteiger partial charge in [0.25, 0.3) is 0 Å². The van der Waals surface area contributed by atoms with Crippen LogP contribution >= 0.6 is 47.0 Å². The average Bonchev–Trinajstić information content (AvgIpc) is 2.26. The molecule has 14 heavy (non-hydrogen) atoms. The number of aromatic nitrogens is 1. The normalized spacial score (nSPS) is 13.1. The summed E-state index contributed by atoms with van der Waals surface area (Å²) in [6.45, 7) is 0. The van der Waals surface area contributed by atoms with Crippen molar-refractivity contribution in [2.24, 2.45) is 10.2 Å². The third kappa shape index (κ3) is 3.97. The van der Waals surface area contributed by atoms with Crippen molar-refractivity contribution < 1.29 is 0 Å². The first-order chi connectivity index (χ1) is 6.74. The lowest BCUT2D eigenvalue weighted by molar-refractivity contribution is 1.24. The minimum atomic E-state index is 0.634. The number of pyridine rings is 1. The van der Waals surface area contributed by atoms with Gasteiger partial charge in [-0.3, -0.25) is 4.98 Å². The number of nitrogens with zero attached hydrogens (tertiary/aromatic N) is 3. The van der Waals surface area contributed by atoms with E-state index in [-0.39, 0.29) is 0 Å². The van der Waals surface area contributed by atoms with Crippen LogP contribution in [-0.2, 0) is 0 Å². The van der Waals surface area contributed by atoms with Crippen LogP contribution in [0.2, 0.25) is 0 Å². The summed E-state index contributed by atoms with van der Waals surface area (Å²) in [6, 6.07) is 5.66. The first-order valence-corrected chi connectivity index (χ1v) is 6.44. The van der Waals surface area contributed by atoms with E-state index in [1.54, 1.807) is 6.20 Å². The van der Waals surface area contributed by atoms with Crippen LogP contribution in [0.25, 0.3) is 0 Å². The van der Waals surface area contributed by atoms with Gasteiger partial charge in [0.2, 0.25) is 0 Å². The molecule has 0 fully saturated rings. The van der Waals surface area contributed by atoms with Crippen LogP contribution in [0.4, 0.5) is 0 Å². The van der Waals surface area contributed by atoms with E-state index < -0.39 is 0 Å². The van der Waals surface area contributed by atoms with E-state index in [0.29, 0.717) is 4.38 Å². The fourth-order valence-corrected chi connectivity index (χ4v) is 1.26. The minimum Gasteiger partial charge on any atom is -0.254 e. The van der Waals surface area contributed by atoms with Gasteiger partial charge in [-0.15, -0.1) is 34.6 Å². The SMILES string of the molecule is CS/C(S)=N/N=C(\I)c1ccccn1. The molecule has 0 spiro atoms. The zero-order chi connectivity index (χ0) is 10.4. The van der Waals surface area contributed by atoms with Gasteiger partial charge in [-0.1, -0.05) is 6.07 Å². The monoisotopic (exact) mass is 337 g/mol. The number of hydrogen-bond donors (Lipinski definition) is 1. The molecule has 1 heterocycles. The summed E-state index contributed by atoms with van der Waals surface area (Å²) >= 11 is 7.64. The lowest BCUT2D eigenvalue weighted by Gasteiger charge is -1.94. The summed E-state index contributed by atoms with van der Waals surface area (Å²) < 4.78 is 1.39. The maximum absolute atomic E-state index is 4.14. The number of halogens is 1. The Hall–Kier alpha value is -0.0800. The van der Waals surface area contributed by atoms with E-state index in [0.717, 1.165) is 9.41 Å². The van der Waals surface area contributed by atoms with Gasteiger partial charge in [0.05, 0.1) is 5.69 Å². The molecule has 1 aromatic heterocycles. The quantitative estimate of drug-likeness (QED) is 0.296. The highest BCUT2D eigenvalue weighted by Crippen LogP contribution is 2.07. The van der Waals surface area contributed by atoms with E-state index >= 15 is 0 Å². The summed E-state index contributed by atoms with van der Waals surface area (Å²) in [5.74, 6) is 0. The van der Waals surface area contributed by atoms with Crippen LogP contribution < -0.4 is 0 Å². The molecule has 0 radical (unpaired) electrons. The molecule has 0 aliphatic heterocycles. The predicted molar refractivity (Wildman–Crippen MR) is 74.7 cm³/mol. The fraction of sp³-hybridized carbons (Fsp3) is 0.125.